The number of hydrogen-bond acceptors (Lipinski definition) is 2. The quantitative estimate of drug-likeness (QED) is 0.835. The summed E-state index contributed by atoms with van der Waals surface area (Å²) >= 11 is 4.99. The topological polar surface area (TPSA) is 55.1 Å². The summed E-state index contributed by atoms with van der Waals surface area (Å²) in [6.45, 7) is 0.297. The third-order valence-electron chi connectivity index (χ3n) is 3.06. The summed E-state index contributed by atoms with van der Waals surface area (Å²) in [4.78, 5) is 12.4. The van der Waals surface area contributed by atoms with Crippen molar-refractivity contribution < 1.29 is 9.18 Å². The second-order valence-corrected chi connectivity index (χ2v) is 5.06. The number of carbonyl (C=O) groups excluding carboxylic acids is 1. The van der Waals surface area contributed by atoms with Crippen LogP contribution in [0.2, 0.25) is 0 Å². The molecule has 21 heavy (non-hydrogen) atoms. The Morgan fingerprint density at radius 1 is 1.14 bits per heavy atom. The highest BCUT2D eigenvalue weighted by Gasteiger charge is 2.22. The molecule has 0 saturated carbocycles. The molecule has 2 aromatic rings. The lowest BCUT2D eigenvalue weighted by Gasteiger charge is -2.16. The molecule has 0 aliphatic rings. The molecule has 2 rings (SSSR count). The summed E-state index contributed by atoms with van der Waals surface area (Å²) in [5, 5.41) is 2.77. The fourth-order valence-electron chi connectivity index (χ4n) is 1.98. The molecule has 3 nitrogen and oxygen atoms in total. The number of rotatable bonds is 5. The molecule has 0 aliphatic heterocycles. The Kier molecular flexibility index (Phi) is 5.00. The van der Waals surface area contributed by atoms with Gasteiger partial charge in [-0.3, -0.25) is 4.79 Å². The van der Waals surface area contributed by atoms with Crippen LogP contribution in [0.25, 0.3) is 0 Å². The van der Waals surface area contributed by atoms with Gasteiger partial charge >= 0.3 is 0 Å². The van der Waals surface area contributed by atoms with Crippen molar-refractivity contribution in [3.63, 3.8) is 0 Å². The Balaban J connectivity index is 2.06. The van der Waals surface area contributed by atoms with Gasteiger partial charge in [0, 0.05) is 6.54 Å². The maximum Gasteiger partial charge on any atom is 0.234 e. The summed E-state index contributed by atoms with van der Waals surface area (Å²) in [7, 11) is 0. The van der Waals surface area contributed by atoms with E-state index in [-0.39, 0.29) is 16.7 Å². The van der Waals surface area contributed by atoms with E-state index in [9.17, 15) is 9.18 Å². The number of halogens is 1. The maximum atomic E-state index is 12.8. The van der Waals surface area contributed by atoms with Crippen LogP contribution >= 0.6 is 12.2 Å². The van der Waals surface area contributed by atoms with E-state index in [0.717, 1.165) is 11.1 Å². The summed E-state index contributed by atoms with van der Waals surface area (Å²) in [6, 6.07) is 15.1. The highest BCUT2D eigenvalue weighted by molar-refractivity contribution is 7.80. The summed E-state index contributed by atoms with van der Waals surface area (Å²) in [6.07, 6.45) is 0. The summed E-state index contributed by atoms with van der Waals surface area (Å²) < 4.78 is 12.8. The third-order valence-corrected chi connectivity index (χ3v) is 3.30. The minimum absolute atomic E-state index is 0.123. The average molecular weight is 302 g/mol. The average Bonchev–Trinajstić information content (AvgIpc) is 2.47. The Labute approximate surface area is 128 Å². The van der Waals surface area contributed by atoms with Crippen molar-refractivity contribution in [1.82, 2.24) is 5.32 Å². The molecule has 0 aliphatic carbocycles. The van der Waals surface area contributed by atoms with Crippen LogP contribution in [0.5, 0.6) is 0 Å². The Morgan fingerprint density at radius 3 is 2.33 bits per heavy atom. The highest BCUT2D eigenvalue weighted by Crippen LogP contribution is 2.16. The van der Waals surface area contributed by atoms with E-state index in [4.69, 9.17) is 18.0 Å². The van der Waals surface area contributed by atoms with Crippen LogP contribution in [0, 0.1) is 5.82 Å². The molecule has 1 unspecified atom stereocenters. The van der Waals surface area contributed by atoms with E-state index in [0.29, 0.717) is 6.54 Å². The number of carbonyl (C=O) groups is 1. The zero-order valence-corrected chi connectivity index (χ0v) is 12.1. The summed E-state index contributed by atoms with van der Waals surface area (Å²) in [5.41, 5.74) is 7.24. The molecule has 0 bridgehead atoms. The minimum atomic E-state index is -0.665. The van der Waals surface area contributed by atoms with Crippen LogP contribution in [0.4, 0.5) is 4.39 Å². The minimum Gasteiger partial charge on any atom is -0.392 e. The zero-order valence-electron chi connectivity index (χ0n) is 11.3. The van der Waals surface area contributed by atoms with Gasteiger partial charge in [-0.15, -0.1) is 0 Å². The lowest BCUT2D eigenvalue weighted by Crippen LogP contribution is -2.35. The zero-order chi connectivity index (χ0) is 15.2. The van der Waals surface area contributed by atoms with Crippen LogP contribution < -0.4 is 11.1 Å². The molecular formula is C16H15FN2OS. The predicted molar refractivity (Wildman–Crippen MR) is 84.2 cm³/mol. The van der Waals surface area contributed by atoms with Gasteiger partial charge in [-0.05, 0) is 23.3 Å². The van der Waals surface area contributed by atoms with Gasteiger partial charge in [0.05, 0.1) is 4.99 Å². The molecule has 3 N–H and O–H groups in total. The monoisotopic (exact) mass is 302 g/mol. The first-order chi connectivity index (χ1) is 10.1. The molecule has 2 aromatic carbocycles. The fourth-order valence-corrected chi connectivity index (χ4v) is 2.23. The molecule has 1 atom stereocenters. The van der Waals surface area contributed by atoms with Crippen LogP contribution in [-0.2, 0) is 11.3 Å². The molecule has 1 amide bonds. The van der Waals surface area contributed by atoms with Gasteiger partial charge in [0.25, 0.3) is 0 Å². The molecular weight excluding hydrogens is 287 g/mol. The van der Waals surface area contributed by atoms with Gasteiger partial charge < -0.3 is 11.1 Å². The van der Waals surface area contributed by atoms with E-state index in [1.165, 1.54) is 12.1 Å². The van der Waals surface area contributed by atoms with Gasteiger partial charge in [-0.1, -0.05) is 54.7 Å². The smallest absolute Gasteiger partial charge is 0.234 e. The van der Waals surface area contributed by atoms with Gasteiger partial charge in [-0.2, -0.15) is 0 Å². The SMILES string of the molecule is NC(=S)C(C(=O)NCc1ccc(F)cc1)c1ccccc1. The first-order valence-electron chi connectivity index (χ1n) is 6.44. The van der Waals surface area contributed by atoms with Crippen molar-refractivity contribution in [2.75, 3.05) is 0 Å². The number of amides is 1. The fraction of sp³-hybridized carbons (Fsp3) is 0.125. The van der Waals surface area contributed by atoms with Crippen LogP contribution in [0.3, 0.4) is 0 Å². The largest absolute Gasteiger partial charge is 0.392 e. The highest BCUT2D eigenvalue weighted by atomic mass is 32.1. The van der Waals surface area contributed by atoms with Gasteiger partial charge in [0.15, 0.2) is 0 Å². The lowest BCUT2D eigenvalue weighted by atomic mass is 9.98. The van der Waals surface area contributed by atoms with E-state index >= 15 is 0 Å². The van der Waals surface area contributed by atoms with Crippen molar-refractivity contribution >= 4 is 23.1 Å². The lowest BCUT2D eigenvalue weighted by molar-refractivity contribution is -0.121. The molecule has 0 spiro atoms. The van der Waals surface area contributed by atoms with E-state index < -0.39 is 5.92 Å². The number of hydrogen-bond donors (Lipinski definition) is 2. The Bertz CT molecular complexity index is 628. The Morgan fingerprint density at radius 2 is 1.76 bits per heavy atom. The van der Waals surface area contributed by atoms with Gasteiger partial charge in [-0.25, -0.2) is 4.39 Å². The van der Waals surface area contributed by atoms with E-state index in [1.807, 2.05) is 18.2 Å². The van der Waals surface area contributed by atoms with Crippen molar-refractivity contribution in [3.05, 3.63) is 71.5 Å². The first-order valence-corrected chi connectivity index (χ1v) is 6.85. The standard InChI is InChI=1S/C16H15FN2OS/c17-13-8-6-11(7-9-13)10-19-16(20)14(15(18)21)12-4-2-1-3-5-12/h1-9,14H,10H2,(H2,18,21)(H,19,20). The molecule has 5 heteroatoms. The van der Waals surface area contributed by atoms with Crippen molar-refractivity contribution in [1.29, 1.82) is 0 Å². The van der Waals surface area contributed by atoms with Gasteiger partial charge in [0.1, 0.15) is 11.7 Å². The molecule has 0 fully saturated rings. The number of nitrogens with two attached hydrogens (primary N) is 1. The summed E-state index contributed by atoms with van der Waals surface area (Å²) in [5.74, 6) is -1.24. The van der Waals surface area contributed by atoms with Gasteiger partial charge in [0.2, 0.25) is 5.91 Å². The van der Waals surface area contributed by atoms with Crippen molar-refractivity contribution in [2.45, 2.75) is 12.5 Å². The predicted octanol–water partition coefficient (Wildman–Crippen LogP) is 2.51. The molecule has 0 saturated heterocycles. The first kappa shape index (κ1) is 15.1. The van der Waals surface area contributed by atoms with Crippen molar-refractivity contribution in [3.8, 4) is 0 Å². The second kappa shape index (κ2) is 6.95. The molecule has 0 radical (unpaired) electrons. The molecule has 0 aromatic heterocycles. The molecule has 0 heterocycles. The second-order valence-electron chi connectivity index (χ2n) is 4.59. The molecule has 108 valence electrons. The number of nitrogens with one attached hydrogen (secondary N) is 1. The Hall–Kier alpha value is -2.27. The van der Waals surface area contributed by atoms with E-state index in [2.05, 4.69) is 5.32 Å². The van der Waals surface area contributed by atoms with Crippen LogP contribution in [-0.4, -0.2) is 10.9 Å². The number of benzene rings is 2. The van der Waals surface area contributed by atoms with Crippen LogP contribution in [0.15, 0.2) is 54.6 Å². The van der Waals surface area contributed by atoms with Crippen LogP contribution in [0.1, 0.15) is 17.0 Å². The van der Waals surface area contributed by atoms with E-state index in [1.54, 1.807) is 24.3 Å². The third kappa shape index (κ3) is 4.10. The number of thiocarbonyl (C=S) groups is 1. The van der Waals surface area contributed by atoms with Crippen molar-refractivity contribution in [2.24, 2.45) is 5.73 Å². The normalized spacial score (nSPS) is 11.7. The maximum absolute atomic E-state index is 12.8.